The second-order valence-corrected chi connectivity index (χ2v) is 2.47. The molecule has 0 radical (unpaired) electrons. The van der Waals surface area contributed by atoms with Crippen molar-refractivity contribution >= 4 is 6.16 Å². The molecular weight excluding hydrogens is 132 g/mol. The summed E-state index contributed by atoms with van der Waals surface area (Å²) in [5.74, 6) is 0.492. The Labute approximate surface area is 60.3 Å². The van der Waals surface area contributed by atoms with Gasteiger partial charge < -0.3 is 9.47 Å². The first kappa shape index (κ1) is 7.38. The van der Waals surface area contributed by atoms with Crippen molar-refractivity contribution in [2.75, 3.05) is 13.2 Å². The molecule has 0 saturated carbocycles. The average Bonchev–Trinajstić information content (AvgIpc) is 2.14. The summed E-state index contributed by atoms with van der Waals surface area (Å²) in [4.78, 5) is 10.5. The molecule has 0 bridgehead atoms. The summed E-state index contributed by atoms with van der Waals surface area (Å²) < 4.78 is 9.42. The lowest BCUT2D eigenvalue weighted by Gasteiger charge is -2.06. The minimum atomic E-state index is -0.518. The standard InChI is InChI=1S/C7H12O3/c1-2-6-3-4-9-7(8)10-5-6/h6H,2-5H2,1H3. The second kappa shape index (κ2) is 3.44. The van der Waals surface area contributed by atoms with Gasteiger partial charge in [0.1, 0.15) is 0 Å². The van der Waals surface area contributed by atoms with Crippen LogP contribution in [0.3, 0.4) is 0 Å². The van der Waals surface area contributed by atoms with Crippen LogP contribution in [0.4, 0.5) is 4.79 Å². The van der Waals surface area contributed by atoms with E-state index in [0.717, 1.165) is 12.8 Å². The van der Waals surface area contributed by atoms with Crippen molar-refractivity contribution in [2.45, 2.75) is 19.8 Å². The number of hydrogen-bond donors (Lipinski definition) is 0. The molecule has 1 fully saturated rings. The first-order chi connectivity index (χ1) is 4.83. The zero-order chi connectivity index (χ0) is 7.40. The van der Waals surface area contributed by atoms with Gasteiger partial charge in [0.25, 0.3) is 0 Å². The van der Waals surface area contributed by atoms with Gasteiger partial charge in [0.15, 0.2) is 0 Å². The second-order valence-electron chi connectivity index (χ2n) is 2.47. The summed E-state index contributed by atoms with van der Waals surface area (Å²) >= 11 is 0. The van der Waals surface area contributed by atoms with Crippen LogP contribution >= 0.6 is 0 Å². The number of carbonyl (C=O) groups is 1. The number of carbonyl (C=O) groups excluding carboxylic acids is 1. The minimum absolute atomic E-state index is 0.492. The Kier molecular flexibility index (Phi) is 2.54. The van der Waals surface area contributed by atoms with Crippen molar-refractivity contribution in [3.05, 3.63) is 0 Å². The predicted molar refractivity (Wildman–Crippen MR) is 35.7 cm³/mol. The lowest BCUT2D eigenvalue weighted by Crippen LogP contribution is -2.07. The lowest BCUT2D eigenvalue weighted by molar-refractivity contribution is 0.0695. The van der Waals surface area contributed by atoms with Crippen LogP contribution in [0, 0.1) is 5.92 Å². The Morgan fingerprint density at radius 1 is 1.60 bits per heavy atom. The molecule has 1 unspecified atom stereocenters. The van der Waals surface area contributed by atoms with E-state index in [1.807, 2.05) is 0 Å². The van der Waals surface area contributed by atoms with Crippen LogP contribution in [0.2, 0.25) is 0 Å². The average molecular weight is 144 g/mol. The van der Waals surface area contributed by atoms with E-state index in [0.29, 0.717) is 19.1 Å². The molecule has 1 heterocycles. The van der Waals surface area contributed by atoms with Gasteiger partial charge in [-0.1, -0.05) is 6.92 Å². The highest BCUT2D eigenvalue weighted by atomic mass is 16.7. The van der Waals surface area contributed by atoms with E-state index >= 15 is 0 Å². The highest BCUT2D eigenvalue weighted by Gasteiger charge is 2.15. The Hall–Kier alpha value is -0.730. The fourth-order valence-electron chi connectivity index (χ4n) is 0.942. The van der Waals surface area contributed by atoms with Crippen LogP contribution in [0.5, 0.6) is 0 Å². The third-order valence-corrected chi connectivity index (χ3v) is 1.76. The van der Waals surface area contributed by atoms with Crippen LogP contribution in [0.15, 0.2) is 0 Å². The van der Waals surface area contributed by atoms with Gasteiger partial charge in [0.2, 0.25) is 0 Å². The predicted octanol–water partition coefficient (Wildman–Crippen LogP) is 1.57. The van der Waals surface area contributed by atoms with Crippen molar-refractivity contribution in [1.82, 2.24) is 0 Å². The van der Waals surface area contributed by atoms with Crippen LogP contribution < -0.4 is 0 Å². The van der Waals surface area contributed by atoms with E-state index in [1.165, 1.54) is 0 Å². The quantitative estimate of drug-likeness (QED) is 0.524. The molecule has 1 aliphatic rings. The van der Waals surface area contributed by atoms with Gasteiger partial charge in [0, 0.05) is 0 Å². The van der Waals surface area contributed by atoms with Crippen LogP contribution in [0.1, 0.15) is 19.8 Å². The van der Waals surface area contributed by atoms with Crippen molar-refractivity contribution in [3.63, 3.8) is 0 Å². The van der Waals surface area contributed by atoms with Gasteiger partial charge in [-0.3, -0.25) is 0 Å². The largest absolute Gasteiger partial charge is 0.508 e. The van der Waals surface area contributed by atoms with Gasteiger partial charge in [0.05, 0.1) is 13.2 Å². The number of hydrogen-bond acceptors (Lipinski definition) is 3. The summed E-state index contributed by atoms with van der Waals surface area (Å²) in [6.45, 7) is 3.12. The summed E-state index contributed by atoms with van der Waals surface area (Å²) in [5.41, 5.74) is 0. The van der Waals surface area contributed by atoms with E-state index in [-0.39, 0.29) is 0 Å². The molecule has 3 heteroatoms. The molecule has 0 N–H and O–H groups in total. The molecule has 1 atom stereocenters. The molecular formula is C7H12O3. The molecule has 0 aromatic carbocycles. The molecule has 58 valence electrons. The highest BCUT2D eigenvalue weighted by Crippen LogP contribution is 2.12. The van der Waals surface area contributed by atoms with Gasteiger partial charge in [-0.05, 0) is 18.8 Å². The zero-order valence-electron chi connectivity index (χ0n) is 6.13. The number of ether oxygens (including phenoxy) is 2. The Morgan fingerprint density at radius 3 is 3.10 bits per heavy atom. The molecule has 0 amide bonds. The third-order valence-electron chi connectivity index (χ3n) is 1.76. The summed E-state index contributed by atoms with van der Waals surface area (Å²) in [6, 6.07) is 0. The van der Waals surface area contributed by atoms with Crippen LogP contribution in [-0.4, -0.2) is 19.4 Å². The first-order valence-electron chi connectivity index (χ1n) is 3.62. The van der Waals surface area contributed by atoms with Crippen molar-refractivity contribution in [1.29, 1.82) is 0 Å². The fourth-order valence-corrected chi connectivity index (χ4v) is 0.942. The summed E-state index contributed by atoms with van der Waals surface area (Å²) in [5, 5.41) is 0. The normalized spacial score (nSPS) is 26.5. The summed E-state index contributed by atoms with van der Waals surface area (Å²) in [7, 11) is 0. The van der Waals surface area contributed by atoms with Crippen molar-refractivity contribution in [3.8, 4) is 0 Å². The molecule has 0 aliphatic carbocycles. The van der Waals surface area contributed by atoms with Crippen molar-refractivity contribution < 1.29 is 14.3 Å². The van der Waals surface area contributed by atoms with Gasteiger partial charge in [-0.15, -0.1) is 0 Å². The number of rotatable bonds is 1. The van der Waals surface area contributed by atoms with Crippen LogP contribution in [0.25, 0.3) is 0 Å². The first-order valence-corrected chi connectivity index (χ1v) is 3.62. The maximum atomic E-state index is 10.5. The third kappa shape index (κ3) is 1.90. The van der Waals surface area contributed by atoms with E-state index in [2.05, 4.69) is 11.7 Å². The van der Waals surface area contributed by atoms with E-state index in [1.54, 1.807) is 0 Å². The molecule has 1 aliphatic heterocycles. The maximum Gasteiger partial charge on any atom is 0.508 e. The Bertz CT molecular complexity index is 122. The molecule has 1 rings (SSSR count). The number of cyclic esters (lactones) is 2. The minimum Gasteiger partial charge on any atom is -0.434 e. The fraction of sp³-hybridized carbons (Fsp3) is 0.857. The van der Waals surface area contributed by atoms with Gasteiger partial charge >= 0.3 is 6.16 Å². The van der Waals surface area contributed by atoms with Gasteiger partial charge in [-0.25, -0.2) is 4.79 Å². The Morgan fingerprint density at radius 2 is 2.40 bits per heavy atom. The molecule has 10 heavy (non-hydrogen) atoms. The molecule has 0 aromatic heterocycles. The SMILES string of the molecule is CCC1CCOC(=O)OC1. The molecule has 3 nitrogen and oxygen atoms in total. The van der Waals surface area contributed by atoms with Gasteiger partial charge in [-0.2, -0.15) is 0 Å². The Balaban J connectivity index is 2.33. The summed E-state index contributed by atoms with van der Waals surface area (Å²) in [6.07, 6.45) is 1.47. The molecule has 0 spiro atoms. The topological polar surface area (TPSA) is 35.5 Å². The van der Waals surface area contributed by atoms with E-state index in [9.17, 15) is 4.79 Å². The van der Waals surface area contributed by atoms with E-state index < -0.39 is 6.16 Å². The van der Waals surface area contributed by atoms with Crippen LogP contribution in [-0.2, 0) is 9.47 Å². The van der Waals surface area contributed by atoms with Crippen molar-refractivity contribution in [2.24, 2.45) is 5.92 Å². The lowest BCUT2D eigenvalue weighted by atomic mass is 10.1. The molecule has 1 saturated heterocycles. The highest BCUT2D eigenvalue weighted by molar-refractivity contribution is 5.59. The van der Waals surface area contributed by atoms with E-state index in [4.69, 9.17) is 4.74 Å². The maximum absolute atomic E-state index is 10.5. The zero-order valence-corrected chi connectivity index (χ0v) is 6.13. The monoisotopic (exact) mass is 144 g/mol. The smallest absolute Gasteiger partial charge is 0.434 e. The molecule has 0 aromatic rings.